The minimum atomic E-state index is -0.500. The molecule has 0 saturated heterocycles. The molecule has 0 bridgehead atoms. The molecule has 2 N–H and O–H groups in total. The Kier molecular flexibility index (Phi) is 6.90. The molecular weight excluding hydrogens is 458 g/mol. The third kappa shape index (κ3) is 5.15. The smallest absolute Gasteiger partial charge is 0.340 e. The highest BCUT2D eigenvalue weighted by molar-refractivity contribution is 7.99. The van der Waals surface area contributed by atoms with E-state index in [0.29, 0.717) is 21.1 Å². The number of nitrogens with zero attached hydrogens (tertiary/aromatic N) is 1. The Morgan fingerprint density at radius 1 is 1.15 bits per heavy atom. The molecule has 9 heteroatoms. The van der Waals surface area contributed by atoms with Crippen molar-refractivity contribution in [3.8, 4) is 11.1 Å². The lowest BCUT2D eigenvalue weighted by molar-refractivity contribution is -0.113. The van der Waals surface area contributed by atoms with Crippen LogP contribution in [-0.4, -0.2) is 34.2 Å². The van der Waals surface area contributed by atoms with Gasteiger partial charge in [0.2, 0.25) is 5.91 Å². The van der Waals surface area contributed by atoms with Crippen LogP contribution in [0.15, 0.2) is 63.9 Å². The number of carbonyl (C=O) groups is 2. The number of hydrogen-bond donors (Lipinski definition) is 2. The molecule has 0 aliphatic heterocycles. The predicted molar refractivity (Wildman–Crippen MR) is 132 cm³/mol. The summed E-state index contributed by atoms with van der Waals surface area (Å²) in [6.45, 7) is 3.98. The number of aromatic amines is 1. The number of aryl methyl sites for hydroxylation is 1. The predicted octanol–water partition coefficient (Wildman–Crippen LogP) is 4.87. The first-order chi connectivity index (χ1) is 16.0. The van der Waals surface area contributed by atoms with Gasteiger partial charge in [-0.1, -0.05) is 53.7 Å². The van der Waals surface area contributed by atoms with Crippen molar-refractivity contribution < 1.29 is 14.3 Å². The summed E-state index contributed by atoms with van der Waals surface area (Å²) in [4.78, 5) is 45.3. The fourth-order valence-electron chi connectivity index (χ4n) is 3.24. The molecule has 1 amide bonds. The van der Waals surface area contributed by atoms with Crippen molar-refractivity contribution in [2.75, 3.05) is 17.7 Å². The normalized spacial score (nSPS) is 10.8. The van der Waals surface area contributed by atoms with Crippen LogP contribution in [0, 0.1) is 6.92 Å². The van der Waals surface area contributed by atoms with Crippen molar-refractivity contribution in [3.05, 3.63) is 75.4 Å². The van der Waals surface area contributed by atoms with Crippen LogP contribution in [0.25, 0.3) is 21.3 Å². The third-order valence-corrected chi connectivity index (χ3v) is 6.57. The average molecular weight is 480 g/mol. The van der Waals surface area contributed by atoms with Gasteiger partial charge in [-0.3, -0.25) is 9.59 Å². The van der Waals surface area contributed by atoms with Gasteiger partial charge in [-0.05, 0) is 31.5 Å². The molecule has 0 unspecified atom stereocenters. The standard InChI is InChI=1S/C24H21N3O4S2/c1-3-31-23(30)16-6-4-5-7-18(16)25-19(28)13-33-24-26-21(29)20-17(12-32-22(20)27-24)15-10-8-14(2)9-11-15/h4-12H,3,13H2,1-2H3,(H,25,28)(H,26,27,29). The average Bonchev–Trinajstić information content (AvgIpc) is 3.23. The number of amides is 1. The van der Waals surface area contributed by atoms with Crippen LogP contribution in [-0.2, 0) is 9.53 Å². The highest BCUT2D eigenvalue weighted by Crippen LogP contribution is 2.31. The quantitative estimate of drug-likeness (QED) is 0.223. The van der Waals surface area contributed by atoms with Gasteiger partial charge in [-0.2, -0.15) is 0 Å². The van der Waals surface area contributed by atoms with Crippen LogP contribution in [0.5, 0.6) is 0 Å². The number of nitrogens with one attached hydrogen (secondary N) is 2. The Hall–Kier alpha value is -3.43. The van der Waals surface area contributed by atoms with Gasteiger partial charge in [0, 0.05) is 10.9 Å². The number of benzene rings is 2. The Morgan fingerprint density at radius 2 is 1.91 bits per heavy atom. The zero-order chi connectivity index (χ0) is 23.4. The Labute approximate surface area is 198 Å². The summed E-state index contributed by atoms with van der Waals surface area (Å²) in [5.41, 5.74) is 3.36. The number of thiophene rings is 1. The molecule has 0 aliphatic carbocycles. The number of thioether (sulfide) groups is 1. The summed E-state index contributed by atoms with van der Waals surface area (Å²) < 4.78 is 5.03. The number of esters is 1. The summed E-state index contributed by atoms with van der Waals surface area (Å²) in [7, 11) is 0. The molecule has 0 spiro atoms. The summed E-state index contributed by atoms with van der Waals surface area (Å²) >= 11 is 2.51. The Morgan fingerprint density at radius 3 is 2.67 bits per heavy atom. The van der Waals surface area contributed by atoms with Gasteiger partial charge in [-0.15, -0.1) is 11.3 Å². The zero-order valence-electron chi connectivity index (χ0n) is 18.0. The van der Waals surface area contributed by atoms with Gasteiger partial charge in [-0.25, -0.2) is 9.78 Å². The first-order valence-electron chi connectivity index (χ1n) is 10.2. The molecule has 4 rings (SSSR count). The van der Waals surface area contributed by atoms with Crippen molar-refractivity contribution in [1.29, 1.82) is 0 Å². The number of fused-ring (bicyclic) bond motifs is 1. The van der Waals surface area contributed by atoms with Crippen molar-refractivity contribution in [1.82, 2.24) is 9.97 Å². The second kappa shape index (κ2) is 10.0. The minimum Gasteiger partial charge on any atom is -0.462 e. The van der Waals surface area contributed by atoms with Gasteiger partial charge in [0.15, 0.2) is 5.16 Å². The molecule has 4 aromatic rings. The lowest BCUT2D eigenvalue weighted by Crippen LogP contribution is -2.18. The second-order valence-corrected chi connectivity index (χ2v) is 8.99. The minimum absolute atomic E-state index is 0.0157. The number of hydrogen-bond acceptors (Lipinski definition) is 7. The molecule has 0 atom stereocenters. The van der Waals surface area contributed by atoms with Gasteiger partial charge < -0.3 is 15.0 Å². The number of aromatic nitrogens is 2. The van der Waals surface area contributed by atoms with Gasteiger partial charge in [0.25, 0.3) is 5.56 Å². The largest absolute Gasteiger partial charge is 0.462 e. The highest BCUT2D eigenvalue weighted by Gasteiger charge is 2.16. The topological polar surface area (TPSA) is 101 Å². The molecule has 33 heavy (non-hydrogen) atoms. The second-order valence-electron chi connectivity index (χ2n) is 7.17. The number of para-hydroxylation sites is 1. The van der Waals surface area contributed by atoms with Crippen molar-refractivity contribution >= 4 is 50.9 Å². The fourth-order valence-corrected chi connectivity index (χ4v) is 4.91. The van der Waals surface area contributed by atoms with Crippen LogP contribution in [0.4, 0.5) is 5.69 Å². The van der Waals surface area contributed by atoms with Crippen LogP contribution in [0.1, 0.15) is 22.8 Å². The molecule has 2 heterocycles. The van der Waals surface area contributed by atoms with Crippen LogP contribution < -0.4 is 10.9 Å². The molecule has 7 nitrogen and oxygen atoms in total. The lowest BCUT2D eigenvalue weighted by atomic mass is 10.1. The number of carbonyl (C=O) groups excluding carboxylic acids is 2. The van der Waals surface area contributed by atoms with E-state index in [1.165, 1.54) is 11.3 Å². The van der Waals surface area contributed by atoms with Crippen LogP contribution in [0.2, 0.25) is 0 Å². The van der Waals surface area contributed by atoms with Crippen molar-refractivity contribution in [3.63, 3.8) is 0 Å². The van der Waals surface area contributed by atoms with Crippen LogP contribution >= 0.6 is 23.1 Å². The van der Waals surface area contributed by atoms with E-state index in [4.69, 9.17) is 4.74 Å². The van der Waals surface area contributed by atoms with Gasteiger partial charge in [0.05, 0.1) is 29.0 Å². The number of anilines is 1. The van der Waals surface area contributed by atoms with E-state index in [1.54, 1.807) is 31.2 Å². The maximum absolute atomic E-state index is 12.8. The van der Waals surface area contributed by atoms with E-state index in [9.17, 15) is 14.4 Å². The van der Waals surface area contributed by atoms with E-state index >= 15 is 0 Å². The molecule has 2 aromatic heterocycles. The SMILES string of the molecule is CCOC(=O)c1ccccc1NC(=O)CSc1nc2scc(-c3ccc(C)cc3)c2c(=O)[nH]1. The monoisotopic (exact) mass is 479 g/mol. The zero-order valence-corrected chi connectivity index (χ0v) is 19.6. The van der Waals surface area contributed by atoms with E-state index in [-0.39, 0.29) is 29.4 Å². The highest BCUT2D eigenvalue weighted by atomic mass is 32.2. The Bertz CT molecular complexity index is 1380. The first kappa shape index (κ1) is 22.8. The number of H-pyrrole nitrogens is 1. The summed E-state index contributed by atoms with van der Waals surface area (Å²) in [6, 6.07) is 14.6. The summed E-state index contributed by atoms with van der Waals surface area (Å²) in [5.74, 6) is -0.812. The lowest BCUT2D eigenvalue weighted by Gasteiger charge is -2.10. The maximum atomic E-state index is 12.8. The van der Waals surface area contributed by atoms with E-state index in [0.717, 1.165) is 28.5 Å². The van der Waals surface area contributed by atoms with Crippen LogP contribution in [0.3, 0.4) is 0 Å². The number of ether oxygens (including phenoxy) is 1. The Balaban J connectivity index is 1.48. The van der Waals surface area contributed by atoms with E-state index in [2.05, 4.69) is 15.3 Å². The van der Waals surface area contributed by atoms with Gasteiger partial charge >= 0.3 is 5.97 Å². The molecular formula is C24H21N3O4S2. The number of rotatable bonds is 7. The fraction of sp³-hybridized carbons (Fsp3) is 0.167. The molecule has 0 radical (unpaired) electrons. The molecule has 168 valence electrons. The maximum Gasteiger partial charge on any atom is 0.340 e. The van der Waals surface area contributed by atoms with Gasteiger partial charge in [0.1, 0.15) is 4.83 Å². The van der Waals surface area contributed by atoms with Crippen molar-refractivity contribution in [2.45, 2.75) is 19.0 Å². The third-order valence-electron chi connectivity index (χ3n) is 4.82. The summed E-state index contributed by atoms with van der Waals surface area (Å²) in [5, 5.41) is 5.55. The van der Waals surface area contributed by atoms with E-state index < -0.39 is 5.97 Å². The molecule has 0 aliphatic rings. The van der Waals surface area contributed by atoms with Crippen molar-refractivity contribution in [2.24, 2.45) is 0 Å². The molecule has 0 saturated carbocycles. The molecule has 0 fully saturated rings. The summed E-state index contributed by atoms with van der Waals surface area (Å²) in [6.07, 6.45) is 0. The molecule has 2 aromatic carbocycles. The first-order valence-corrected chi connectivity index (χ1v) is 12.1. The van der Waals surface area contributed by atoms with E-state index in [1.807, 2.05) is 36.6 Å².